The molecule has 0 aliphatic carbocycles. The number of nitrogens with two attached hydrogens (primary N) is 1. The molecule has 0 aromatic rings. The number of carboxylic acid groups (broad SMARTS) is 1. The fraction of sp³-hybridized carbons (Fsp3) is 0.750. The van der Waals surface area contributed by atoms with Gasteiger partial charge < -0.3 is 16.2 Å². The number of alkyl halides is 3. The summed E-state index contributed by atoms with van der Waals surface area (Å²) in [5.41, 5.74) is -0.127. The molecule has 4 N–H and O–H groups in total. The van der Waals surface area contributed by atoms with Crippen molar-refractivity contribution in [1.29, 1.82) is 0 Å². The van der Waals surface area contributed by atoms with E-state index in [2.05, 4.69) is 0 Å². The van der Waals surface area contributed by atoms with Gasteiger partial charge in [0.25, 0.3) is 0 Å². The molecule has 0 rings (SSSR count). The number of carbonyl (C=O) groups is 2. The molecular weight excluding hydrogens is 229 g/mol. The molecule has 0 radical (unpaired) electrons. The summed E-state index contributed by atoms with van der Waals surface area (Å²) in [4.78, 5) is 21.8. The number of aliphatic carboxylic acids is 1. The zero-order valence-corrected chi connectivity index (χ0v) is 8.97. The quantitative estimate of drug-likeness (QED) is 0.661. The fourth-order valence-electron chi connectivity index (χ4n) is 0.596. The molecule has 5 nitrogen and oxygen atoms in total. The monoisotopic (exact) mass is 242 g/mol. The van der Waals surface area contributed by atoms with E-state index in [1.54, 1.807) is 5.32 Å². The Labute approximate surface area is 89.8 Å². The molecule has 0 heterocycles. The Morgan fingerprint density at radius 3 is 1.81 bits per heavy atom. The second kappa shape index (κ2) is 3.93. The molecule has 0 bridgehead atoms. The lowest BCUT2D eigenvalue weighted by molar-refractivity contribution is -0.189. The number of carbonyl (C=O) groups excluding carboxylic acids is 1. The van der Waals surface area contributed by atoms with E-state index in [9.17, 15) is 22.8 Å². The van der Waals surface area contributed by atoms with Crippen molar-refractivity contribution < 1.29 is 27.9 Å². The minimum atomic E-state index is -4.95. The Bertz CT molecular complexity index is 310. The highest BCUT2D eigenvalue weighted by Crippen LogP contribution is 2.28. The van der Waals surface area contributed by atoms with Crippen LogP contribution in [0, 0.1) is 0 Å². The molecule has 0 aromatic carbocycles. The van der Waals surface area contributed by atoms with Crippen LogP contribution in [0.25, 0.3) is 0 Å². The van der Waals surface area contributed by atoms with Gasteiger partial charge in [0.15, 0.2) is 5.54 Å². The van der Waals surface area contributed by atoms with Gasteiger partial charge in [0.2, 0.25) is 5.91 Å². The fourth-order valence-corrected chi connectivity index (χ4v) is 0.596. The van der Waals surface area contributed by atoms with E-state index in [1.165, 1.54) is 0 Å². The normalized spacial score (nSPS) is 16.4. The number of halogens is 3. The smallest absolute Gasteiger partial charge is 0.415 e. The summed E-state index contributed by atoms with van der Waals surface area (Å²) >= 11 is 0. The van der Waals surface area contributed by atoms with Crippen LogP contribution in [0.4, 0.5) is 13.2 Å². The van der Waals surface area contributed by atoms with Crippen LogP contribution in [-0.2, 0) is 9.59 Å². The first-order valence-electron chi connectivity index (χ1n) is 4.24. The highest BCUT2D eigenvalue weighted by molar-refractivity contribution is 5.91. The van der Waals surface area contributed by atoms with E-state index >= 15 is 0 Å². The van der Waals surface area contributed by atoms with Crippen LogP contribution in [0.15, 0.2) is 0 Å². The van der Waals surface area contributed by atoms with Crippen molar-refractivity contribution in [3.05, 3.63) is 0 Å². The Hall–Kier alpha value is -1.31. The van der Waals surface area contributed by atoms with Crippen LogP contribution in [0.2, 0.25) is 0 Å². The summed E-state index contributed by atoms with van der Waals surface area (Å²) in [5, 5.41) is 10.3. The first-order chi connectivity index (χ1) is 6.82. The molecule has 0 spiro atoms. The van der Waals surface area contributed by atoms with E-state index in [0.717, 1.165) is 13.8 Å². The maximum absolute atomic E-state index is 12.3. The molecular formula is C8H13F3N2O3. The summed E-state index contributed by atoms with van der Waals surface area (Å²) < 4.78 is 37.0. The molecule has 0 aromatic heterocycles. The zero-order valence-electron chi connectivity index (χ0n) is 8.97. The maximum Gasteiger partial charge on any atom is 0.415 e. The standard InChI is InChI=1S/C8H13F3N2O3/c1-6(2,5(15)16)13-4(14)7(3,12)8(9,10)11/h12H2,1-3H3,(H,13,14)(H,15,16). The van der Waals surface area contributed by atoms with Crippen LogP contribution in [0.5, 0.6) is 0 Å². The number of hydrogen-bond acceptors (Lipinski definition) is 3. The van der Waals surface area contributed by atoms with Gasteiger partial charge in [-0.25, -0.2) is 4.79 Å². The van der Waals surface area contributed by atoms with Crippen molar-refractivity contribution in [1.82, 2.24) is 5.32 Å². The van der Waals surface area contributed by atoms with Gasteiger partial charge >= 0.3 is 12.1 Å². The van der Waals surface area contributed by atoms with Crippen molar-refractivity contribution in [3.8, 4) is 0 Å². The highest BCUT2D eigenvalue weighted by Gasteiger charge is 2.55. The van der Waals surface area contributed by atoms with Crippen LogP contribution >= 0.6 is 0 Å². The lowest BCUT2D eigenvalue weighted by Crippen LogP contribution is -2.65. The molecule has 8 heteroatoms. The second-order valence-corrected chi connectivity index (χ2v) is 4.08. The Morgan fingerprint density at radius 2 is 1.56 bits per heavy atom. The van der Waals surface area contributed by atoms with Gasteiger partial charge in [-0.2, -0.15) is 13.2 Å². The molecule has 0 aliphatic rings. The van der Waals surface area contributed by atoms with E-state index in [4.69, 9.17) is 10.8 Å². The van der Waals surface area contributed by atoms with Crippen molar-refractivity contribution in [2.45, 2.75) is 38.0 Å². The number of hydrogen-bond donors (Lipinski definition) is 3. The van der Waals surface area contributed by atoms with E-state index in [0.29, 0.717) is 6.92 Å². The molecule has 1 unspecified atom stereocenters. The summed E-state index contributed by atoms with van der Waals surface area (Å²) in [6.07, 6.45) is -4.95. The van der Waals surface area contributed by atoms with Crippen molar-refractivity contribution in [2.24, 2.45) is 5.73 Å². The third kappa shape index (κ3) is 2.84. The lowest BCUT2D eigenvalue weighted by Gasteiger charge is -2.30. The average Bonchev–Trinajstić information content (AvgIpc) is 2.00. The first kappa shape index (κ1) is 14.7. The Kier molecular flexibility index (Phi) is 3.61. The number of amides is 1. The Morgan fingerprint density at radius 1 is 1.19 bits per heavy atom. The largest absolute Gasteiger partial charge is 0.480 e. The van der Waals surface area contributed by atoms with Crippen LogP contribution < -0.4 is 11.1 Å². The van der Waals surface area contributed by atoms with Crippen molar-refractivity contribution in [3.63, 3.8) is 0 Å². The summed E-state index contributed by atoms with van der Waals surface area (Å²) in [6, 6.07) is 0. The van der Waals surface area contributed by atoms with Gasteiger partial charge in [-0.3, -0.25) is 4.79 Å². The molecule has 16 heavy (non-hydrogen) atoms. The van der Waals surface area contributed by atoms with E-state index in [1.807, 2.05) is 0 Å². The molecule has 1 atom stereocenters. The SMILES string of the molecule is CC(C)(NC(=O)C(C)(N)C(F)(F)F)C(=O)O. The molecule has 0 saturated carbocycles. The average molecular weight is 242 g/mol. The van der Waals surface area contributed by atoms with Gasteiger partial charge in [0, 0.05) is 0 Å². The van der Waals surface area contributed by atoms with Crippen molar-refractivity contribution in [2.75, 3.05) is 0 Å². The summed E-state index contributed by atoms with van der Waals surface area (Å²) in [5.74, 6) is -3.05. The predicted octanol–water partition coefficient (Wildman–Crippen LogP) is 0.245. The topological polar surface area (TPSA) is 92.4 Å². The van der Waals surface area contributed by atoms with Crippen LogP contribution in [0.1, 0.15) is 20.8 Å². The minimum absolute atomic E-state index is 0.472. The third-order valence-corrected chi connectivity index (χ3v) is 2.02. The zero-order chi connectivity index (χ0) is 13.4. The number of nitrogens with one attached hydrogen (secondary N) is 1. The van der Waals surface area contributed by atoms with Gasteiger partial charge in [0.1, 0.15) is 5.54 Å². The third-order valence-electron chi connectivity index (χ3n) is 2.02. The van der Waals surface area contributed by atoms with E-state index < -0.39 is 29.1 Å². The van der Waals surface area contributed by atoms with E-state index in [-0.39, 0.29) is 0 Å². The second-order valence-electron chi connectivity index (χ2n) is 4.08. The molecule has 1 amide bonds. The molecule has 0 fully saturated rings. The Balaban J connectivity index is 4.92. The molecule has 0 aliphatic heterocycles. The number of carboxylic acids is 1. The van der Waals surface area contributed by atoms with Gasteiger partial charge in [0.05, 0.1) is 0 Å². The maximum atomic E-state index is 12.3. The lowest BCUT2D eigenvalue weighted by atomic mass is 9.98. The first-order valence-corrected chi connectivity index (χ1v) is 4.24. The summed E-state index contributed by atoms with van der Waals surface area (Å²) in [7, 11) is 0. The van der Waals surface area contributed by atoms with Gasteiger partial charge in [-0.15, -0.1) is 0 Å². The van der Waals surface area contributed by atoms with Crippen LogP contribution in [0.3, 0.4) is 0 Å². The van der Waals surface area contributed by atoms with Gasteiger partial charge in [-0.05, 0) is 20.8 Å². The molecule has 0 saturated heterocycles. The number of rotatable bonds is 3. The van der Waals surface area contributed by atoms with Crippen molar-refractivity contribution >= 4 is 11.9 Å². The predicted molar refractivity (Wildman–Crippen MR) is 48.5 cm³/mol. The molecule has 94 valence electrons. The summed E-state index contributed by atoms with van der Waals surface area (Å²) in [6.45, 7) is 2.58. The minimum Gasteiger partial charge on any atom is -0.480 e. The highest BCUT2D eigenvalue weighted by atomic mass is 19.4. The van der Waals surface area contributed by atoms with Crippen LogP contribution in [-0.4, -0.2) is 34.2 Å². The van der Waals surface area contributed by atoms with Gasteiger partial charge in [-0.1, -0.05) is 0 Å².